The minimum atomic E-state index is -1.14. The molecule has 3 amide bonds. The molecular formula is C16H18N2O5. The van der Waals surface area contributed by atoms with E-state index in [1.54, 1.807) is 26.0 Å². The third-order valence-electron chi connectivity index (χ3n) is 3.67. The summed E-state index contributed by atoms with van der Waals surface area (Å²) in [6.45, 7) is 4.70. The summed E-state index contributed by atoms with van der Waals surface area (Å²) in [5.74, 6) is -3.12. The Kier molecular flexibility index (Phi) is 4.49. The predicted octanol–water partition coefficient (Wildman–Crippen LogP) is 0.724. The second-order valence-electron chi connectivity index (χ2n) is 5.70. The summed E-state index contributed by atoms with van der Waals surface area (Å²) < 4.78 is 4.98. The monoisotopic (exact) mass is 318 g/mol. The first-order valence-corrected chi connectivity index (χ1v) is 7.22. The van der Waals surface area contributed by atoms with Gasteiger partial charge in [-0.2, -0.15) is 0 Å². The Morgan fingerprint density at radius 3 is 1.91 bits per heavy atom. The van der Waals surface area contributed by atoms with E-state index in [2.05, 4.69) is 0 Å². The average molecular weight is 318 g/mol. The summed E-state index contributed by atoms with van der Waals surface area (Å²) in [5.41, 5.74) is 5.57. The molecule has 0 saturated heterocycles. The zero-order valence-corrected chi connectivity index (χ0v) is 13.1. The molecule has 0 unspecified atom stereocenters. The van der Waals surface area contributed by atoms with Crippen molar-refractivity contribution in [1.29, 1.82) is 0 Å². The molecule has 2 N–H and O–H groups in total. The van der Waals surface area contributed by atoms with Crippen LogP contribution >= 0.6 is 0 Å². The Balaban J connectivity index is 2.33. The lowest BCUT2D eigenvalue weighted by atomic mass is 10.0. The number of rotatable bonds is 5. The number of nitrogens with zero attached hydrogens (tertiary/aromatic N) is 1. The first kappa shape index (κ1) is 16.7. The first-order valence-electron chi connectivity index (χ1n) is 7.22. The van der Waals surface area contributed by atoms with E-state index in [9.17, 15) is 19.2 Å². The maximum Gasteiger partial charge on any atom is 0.330 e. The summed E-state index contributed by atoms with van der Waals surface area (Å²) >= 11 is 0. The van der Waals surface area contributed by atoms with Gasteiger partial charge in [0.1, 0.15) is 6.04 Å². The van der Waals surface area contributed by atoms with Gasteiger partial charge in [0.2, 0.25) is 0 Å². The van der Waals surface area contributed by atoms with Crippen LogP contribution in [0.25, 0.3) is 0 Å². The van der Waals surface area contributed by atoms with Crippen LogP contribution in [0.5, 0.6) is 0 Å². The SMILES string of the molecule is CC(C)[C@@H](C(=O)O[C@@H](C)C(N)=O)N1C(=O)c2ccccc2C1=O. The smallest absolute Gasteiger partial charge is 0.330 e. The molecule has 1 heterocycles. The maximum atomic E-state index is 12.5. The van der Waals surface area contributed by atoms with Crippen LogP contribution in [0.2, 0.25) is 0 Å². The van der Waals surface area contributed by atoms with E-state index < -0.39 is 35.8 Å². The summed E-state index contributed by atoms with van der Waals surface area (Å²) in [7, 11) is 0. The largest absolute Gasteiger partial charge is 0.451 e. The molecule has 0 aliphatic carbocycles. The van der Waals surface area contributed by atoms with Crippen molar-refractivity contribution in [3.63, 3.8) is 0 Å². The lowest BCUT2D eigenvalue weighted by molar-refractivity contribution is -0.158. The Bertz CT molecular complexity index is 648. The van der Waals surface area contributed by atoms with Crippen molar-refractivity contribution in [3.8, 4) is 0 Å². The second-order valence-corrected chi connectivity index (χ2v) is 5.70. The standard InChI is InChI=1S/C16H18N2O5/c1-8(2)12(16(22)23-9(3)13(17)19)18-14(20)10-6-4-5-7-11(10)15(18)21/h4-9,12H,1-3H3,(H2,17,19)/t9-,12-/m0/s1. The van der Waals surface area contributed by atoms with Crippen molar-refractivity contribution >= 4 is 23.7 Å². The highest BCUT2D eigenvalue weighted by atomic mass is 16.5. The zero-order valence-electron chi connectivity index (χ0n) is 13.1. The lowest BCUT2D eigenvalue weighted by Gasteiger charge is -2.28. The molecule has 1 aromatic carbocycles. The fourth-order valence-electron chi connectivity index (χ4n) is 2.44. The quantitative estimate of drug-likeness (QED) is 0.636. The van der Waals surface area contributed by atoms with Crippen LogP contribution in [-0.4, -0.2) is 40.7 Å². The molecule has 2 atom stereocenters. The molecule has 7 heteroatoms. The molecule has 0 radical (unpaired) electrons. The van der Waals surface area contributed by atoms with Crippen molar-refractivity contribution in [2.75, 3.05) is 0 Å². The van der Waals surface area contributed by atoms with Gasteiger partial charge >= 0.3 is 5.97 Å². The predicted molar refractivity (Wildman–Crippen MR) is 80.3 cm³/mol. The van der Waals surface area contributed by atoms with Gasteiger partial charge in [-0.25, -0.2) is 4.79 Å². The minimum Gasteiger partial charge on any atom is -0.451 e. The highest BCUT2D eigenvalue weighted by molar-refractivity contribution is 6.22. The van der Waals surface area contributed by atoms with Crippen LogP contribution in [-0.2, 0) is 14.3 Å². The third-order valence-corrected chi connectivity index (χ3v) is 3.67. The van der Waals surface area contributed by atoms with Gasteiger partial charge in [0.15, 0.2) is 6.10 Å². The molecule has 0 fully saturated rings. The molecular weight excluding hydrogens is 300 g/mol. The van der Waals surface area contributed by atoms with Crippen molar-refractivity contribution in [3.05, 3.63) is 35.4 Å². The number of hydrogen-bond donors (Lipinski definition) is 1. The number of esters is 1. The molecule has 0 saturated carbocycles. The fourth-order valence-corrected chi connectivity index (χ4v) is 2.44. The van der Waals surface area contributed by atoms with Gasteiger partial charge in [-0.05, 0) is 25.0 Å². The molecule has 0 spiro atoms. The van der Waals surface area contributed by atoms with Crippen molar-refractivity contribution in [1.82, 2.24) is 4.90 Å². The lowest BCUT2D eigenvalue weighted by Crippen LogP contribution is -2.50. The topological polar surface area (TPSA) is 107 Å². The number of fused-ring (bicyclic) bond motifs is 1. The van der Waals surface area contributed by atoms with Crippen LogP contribution in [0.15, 0.2) is 24.3 Å². The van der Waals surface area contributed by atoms with Crippen LogP contribution in [0.4, 0.5) is 0 Å². The van der Waals surface area contributed by atoms with E-state index in [-0.39, 0.29) is 17.0 Å². The second kappa shape index (κ2) is 6.20. The molecule has 1 aliphatic rings. The van der Waals surface area contributed by atoms with E-state index >= 15 is 0 Å². The summed E-state index contributed by atoms with van der Waals surface area (Å²) in [6, 6.07) is 5.23. The molecule has 122 valence electrons. The number of primary amides is 1. The number of imide groups is 1. The Hall–Kier alpha value is -2.70. The Morgan fingerprint density at radius 1 is 1.04 bits per heavy atom. The first-order chi connectivity index (χ1) is 10.8. The van der Waals surface area contributed by atoms with Crippen LogP contribution in [0, 0.1) is 5.92 Å². The van der Waals surface area contributed by atoms with Gasteiger partial charge in [-0.3, -0.25) is 19.3 Å². The number of carbonyl (C=O) groups excluding carboxylic acids is 4. The van der Waals surface area contributed by atoms with Crippen LogP contribution in [0.3, 0.4) is 0 Å². The number of nitrogens with two attached hydrogens (primary N) is 1. The zero-order chi connectivity index (χ0) is 17.3. The molecule has 2 rings (SSSR count). The number of amides is 3. The number of hydrogen-bond acceptors (Lipinski definition) is 5. The Morgan fingerprint density at radius 2 is 1.52 bits per heavy atom. The van der Waals surface area contributed by atoms with Crippen LogP contribution in [0.1, 0.15) is 41.5 Å². The normalized spacial score (nSPS) is 16.3. The molecule has 0 aromatic heterocycles. The highest BCUT2D eigenvalue weighted by Gasteiger charge is 2.45. The summed E-state index contributed by atoms with van der Waals surface area (Å²) in [5, 5.41) is 0. The maximum absolute atomic E-state index is 12.5. The molecule has 1 aliphatic heterocycles. The van der Waals surface area contributed by atoms with Gasteiger partial charge < -0.3 is 10.5 Å². The summed E-state index contributed by atoms with van der Waals surface area (Å²) in [6.07, 6.45) is -1.14. The van der Waals surface area contributed by atoms with Crippen molar-refractivity contribution < 1.29 is 23.9 Å². The number of carbonyl (C=O) groups is 4. The highest BCUT2D eigenvalue weighted by Crippen LogP contribution is 2.27. The third kappa shape index (κ3) is 2.94. The van der Waals surface area contributed by atoms with Crippen molar-refractivity contribution in [2.45, 2.75) is 32.9 Å². The Labute approximate surface area is 133 Å². The van der Waals surface area contributed by atoms with Gasteiger partial charge in [-0.15, -0.1) is 0 Å². The number of ether oxygens (including phenoxy) is 1. The fraction of sp³-hybridized carbons (Fsp3) is 0.375. The molecule has 7 nitrogen and oxygen atoms in total. The minimum absolute atomic E-state index is 0.249. The molecule has 23 heavy (non-hydrogen) atoms. The van der Waals surface area contributed by atoms with Gasteiger partial charge in [0.05, 0.1) is 11.1 Å². The van der Waals surface area contributed by atoms with E-state index in [1.165, 1.54) is 19.1 Å². The molecule has 0 bridgehead atoms. The average Bonchev–Trinajstić information content (AvgIpc) is 2.73. The van der Waals surface area contributed by atoms with Gasteiger partial charge in [0, 0.05) is 0 Å². The van der Waals surface area contributed by atoms with Crippen molar-refractivity contribution in [2.24, 2.45) is 11.7 Å². The van der Waals surface area contributed by atoms with E-state index in [0.29, 0.717) is 0 Å². The van der Waals surface area contributed by atoms with Gasteiger partial charge in [0.25, 0.3) is 17.7 Å². The van der Waals surface area contributed by atoms with Gasteiger partial charge in [-0.1, -0.05) is 26.0 Å². The van der Waals surface area contributed by atoms with Crippen LogP contribution < -0.4 is 5.73 Å². The number of benzene rings is 1. The molecule has 1 aromatic rings. The van der Waals surface area contributed by atoms with E-state index in [1.807, 2.05) is 0 Å². The van der Waals surface area contributed by atoms with E-state index in [0.717, 1.165) is 4.90 Å². The van der Waals surface area contributed by atoms with E-state index in [4.69, 9.17) is 10.5 Å². The summed E-state index contributed by atoms with van der Waals surface area (Å²) in [4.78, 5) is 49.3.